The fraction of sp³-hybridized carbons (Fsp3) is 0.111. The Hall–Kier alpha value is -2.08. The molecule has 2 aromatic heterocycles. The number of nitrogens with one attached hydrogen (secondary N) is 1. The van der Waals surface area contributed by atoms with E-state index in [0.29, 0.717) is 5.69 Å². The molecule has 0 saturated carbocycles. The predicted octanol–water partition coefficient (Wildman–Crippen LogP) is -0.0834. The van der Waals surface area contributed by atoms with Crippen molar-refractivity contribution in [2.75, 3.05) is 0 Å². The predicted molar refractivity (Wildman–Crippen MR) is 51.4 cm³/mol. The van der Waals surface area contributed by atoms with Crippen molar-refractivity contribution in [3.63, 3.8) is 0 Å². The molecule has 0 radical (unpaired) electrons. The van der Waals surface area contributed by atoms with Gasteiger partial charge in [0.25, 0.3) is 5.56 Å². The van der Waals surface area contributed by atoms with Crippen molar-refractivity contribution in [1.82, 2.24) is 9.78 Å². The van der Waals surface area contributed by atoms with Crippen molar-refractivity contribution >= 4 is 5.91 Å². The number of furan rings is 1. The third kappa shape index (κ3) is 1.62. The van der Waals surface area contributed by atoms with E-state index in [-0.39, 0.29) is 12.3 Å². The average molecular weight is 207 g/mol. The summed E-state index contributed by atoms with van der Waals surface area (Å²) < 4.78 is 5.75. The summed E-state index contributed by atoms with van der Waals surface area (Å²) in [5.74, 6) is -0.438. The molecule has 6 nitrogen and oxygen atoms in total. The molecule has 0 spiro atoms. The van der Waals surface area contributed by atoms with Gasteiger partial charge in [-0.05, 0) is 12.1 Å². The van der Waals surface area contributed by atoms with Gasteiger partial charge in [0.1, 0.15) is 0 Å². The normalized spacial score (nSPS) is 10.5. The number of rotatable bonds is 2. The summed E-state index contributed by atoms with van der Waals surface area (Å²) in [6.07, 6.45) is 1.37. The number of H-pyrrole nitrogens is 1. The Bertz CT molecular complexity index is 521. The van der Waals surface area contributed by atoms with Crippen molar-refractivity contribution in [3.8, 4) is 0 Å². The first-order chi connectivity index (χ1) is 7.22. The summed E-state index contributed by atoms with van der Waals surface area (Å²) >= 11 is 0. The fourth-order valence-corrected chi connectivity index (χ4v) is 1.21. The number of aromatic nitrogens is 2. The topological polar surface area (TPSA) is 94.0 Å². The first-order valence-corrected chi connectivity index (χ1v) is 4.31. The number of carbonyl (C=O) groups excluding carboxylic acids is 1. The standard InChI is InChI=1S/C9H9N3O3/c10-5-6-4-8(13)12(11-6)9(14)7-2-1-3-15-7/h1-4,11H,5,10H2. The molecular formula is C9H9N3O3. The highest BCUT2D eigenvalue weighted by molar-refractivity contribution is 5.92. The number of aromatic amines is 1. The second-order valence-electron chi connectivity index (χ2n) is 2.94. The zero-order chi connectivity index (χ0) is 10.8. The molecule has 0 aliphatic rings. The van der Waals surface area contributed by atoms with E-state index < -0.39 is 11.5 Å². The van der Waals surface area contributed by atoms with Gasteiger partial charge in [-0.25, -0.2) is 0 Å². The average Bonchev–Trinajstić information content (AvgIpc) is 2.85. The smallest absolute Gasteiger partial charge is 0.315 e. The molecule has 15 heavy (non-hydrogen) atoms. The molecule has 2 aromatic rings. The highest BCUT2D eigenvalue weighted by Crippen LogP contribution is 2.01. The van der Waals surface area contributed by atoms with E-state index in [1.165, 1.54) is 18.4 Å². The largest absolute Gasteiger partial charge is 0.459 e. The van der Waals surface area contributed by atoms with Gasteiger partial charge in [0.05, 0.1) is 12.0 Å². The Morgan fingerprint density at radius 2 is 2.40 bits per heavy atom. The van der Waals surface area contributed by atoms with Crippen LogP contribution in [0, 0.1) is 0 Å². The van der Waals surface area contributed by atoms with Gasteiger partial charge in [-0.15, -0.1) is 0 Å². The minimum Gasteiger partial charge on any atom is -0.459 e. The second kappa shape index (κ2) is 3.58. The minimum atomic E-state index is -0.537. The molecule has 0 atom stereocenters. The van der Waals surface area contributed by atoms with E-state index in [9.17, 15) is 9.59 Å². The molecule has 0 fully saturated rings. The molecule has 6 heteroatoms. The van der Waals surface area contributed by atoms with Crippen LogP contribution in [0.2, 0.25) is 0 Å². The molecule has 3 N–H and O–H groups in total. The maximum atomic E-state index is 11.7. The second-order valence-corrected chi connectivity index (χ2v) is 2.94. The van der Waals surface area contributed by atoms with Gasteiger partial charge in [0.2, 0.25) is 0 Å². The maximum Gasteiger partial charge on any atom is 0.315 e. The lowest BCUT2D eigenvalue weighted by molar-refractivity contribution is 0.0913. The SMILES string of the molecule is NCc1cc(=O)n(C(=O)c2ccco2)[nH]1. The monoisotopic (exact) mass is 207 g/mol. The van der Waals surface area contributed by atoms with Gasteiger partial charge in [-0.1, -0.05) is 0 Å². The maximum absolute atomic E-state index is 11.7. The molecule has 2 rings (SSSR count). The van der Waals surface area contributed by atoms with Gasteiger partial charge < -0.3 is 10.2 Å². The van der Waals surface area contributed by atoms with Crippen LogP contribution in [-0.2, 0) is 6.54 Å². The summed E-state index contributed by atoms with van der Waals surface area (Å²) in [7, 11) is 0. The summed E-state index contributed by atoms with van der Waals surface area (Å²) in [5.41, 5.74) is 5.39. The van der Waals surface area contributed by atoms with Crippen LogP contribution >= 0.6 is 0 Å². The van der Waals surface area contributed by atoms with Crippen LogP contribution in [0.15, 0.2) is 33.7 Å². The quantitative estimate of drug-likeness (QED) is 0.719. The molecular weight excluding hydrogens is 198 g/mol. The van der Waals surface area contributed by atoms with Gasteiger partial charge >= 0.3 is 5.91 Å². The molecule has 0 bridgehead atoms. The summed E-state index contributed by atoms with van der Waals surface area (Å²) in [4.78, 5) is 23.0. The lowest BCUT2D eigenvalue weighted by Crippen LogP contribution is -2.24. The Labute approximate surface area is 84.3 Å². The van der Waals surface area contributed by atoms with Gasteiger partial charge in [0.15, 0.2) is 5.76 Å². The van der Waals surface area contributed by atoms with Crippen LogP contribution in [0.1, 0.15) is 16.2 Å². The zero-order valence-corrected chi connectivity index (χ0v) is 7.77. The van der Waals surface area contributed by atoms with Gasteiger partial charge in [-0.2, -0.15) is 4.68 Å². The Balaban J connectivity index is 2.42. The van der Waals surface area contributed by atoms with Crippen LogP contribution in [0.25, 0.3) is 0 Å². The van der Waals surface area contributed by atoms with Crippen molar-refractivity contribution in [2.24, 2.45) is 5.73 Å². The number of nitrogens with zero attached hydrogens (tertiary/aromatic N) is 1. The number of carbonyl (C=O) groups is 1. The van der Waals surface area contributed by atoms with Crippen LogP contribution in [0.3, 0.4) is 0 Å². The molecule has 0 saturated heterocycles. The van der Waals surface area contributed by atoms with Gasteiger partial charge in [-0.3, -0.25) is 14.7 Å². The Morgan fingerprint density at radius 1 is 1.60 bits per heavy atom. The lowest BCUT2D eigenvalue weighted by Gasteiger charge is -1.96. The molecule has 2 heterocycles. The zero-order valence-electron chi connectivity index (χ0n) is 7.77. The van der Waals surface area contributed by atoms with Crippen LogP contribution < -0.4 is 11.3 Å². The summed E-state index contributed by atoms with van der Waals surface area (Å²) in [6, 6.07) is 4.34. The van der Waals surface area contributed by atoms with E-state index in [2.05, 4.69) is 5.10 Å². The van der Waals surface area contributed by atoms with Crippen molar-refractivity contribution in [3.05, 3.63) is 46.3 Å². The van der Waals surface area contributed by atoms with Crippen molar-refractivity contribution < 1.29 is 9.21 Å². The highest BCUT2D eigenvalue weighted by Gasteiger charge is 2.14. The van der Waals surface area contributed by atoms with E-state index in [0.717, 1.165) is 4.68 Å². The van der Waals surface area contributed by atoms with E-state index >= 15 is 0 Å². The molecule has 0 aromatic carbocycles. The number of hydrogen-bond donors (Lipinski definition) is 2. The Morgan fingerprint density at radius 3 is 2.93 bits per heavy atom. The number of hydrogen-bond acceptors (Lipinski definition) is 4. The van der Waals surface area contributed by atoms with Crippen molar-refractivity contribution in [1.29, 1.82) is 0 Å². The Kier molecular flexibility index (Phi) is 2.26. The van der Waals surface area contributed by atoms with Crippen LogP contribution in [-0.4, -0.2) is 15.7 Å². The van der Waals surface area contributed by atoms with Gasteiger partial charge in [0, 0.05) is 12.6 Å². The minimum absolute atomic E-state index is 0.0996. The van der Waals surface area contributed by atoms with Crippen molar-refractivity contribution in [2.45, 2.75) is 6.54 Å². The lowest BCUT2D eigenvalue weighted by atomic mass is 10.4. The van der Waals surface area contributed by atoms with E-state index in [4.69, 9.17) is 10.2 Å². The molecule has 0 aliphatic heterocycles. The fourth-order valence-electron chi connectivity index (χ4n) is 1.21. The summed E-state index contributed by atoms with van der Waals surface area (Å²) in [5, 5.41) is 2.59. The van der Waals surface area contributed by atoms with E-state index in [1.807, 2.05) is 0 Å². The molecule has 0 amide bonds. The third-order valence-corrected chi connectivity index (χ3v) is 1.93. The molecule has 78 valence electrons. The molecule has 0 unspecified atom stereocenters. The first-order valence-electron chi connectivity index (χ1n) is 4.31. The molecule has 0 aliphatic carbocycles. The highest BCUT2D eigenvalue weighted by atomic mass is 16.3. The summed E-state index contributed by atoms with van der Waals surface area (Å²) in [6.45, 7) is 0.174. The van der Waals surface area contributed by atoms with Crippen LogP contribution in [0.4, 0.5) is 0 Å². The third-order valence-electron chi connectivity index (χ3n) is 1.93. The van der Waals surface area contributed by atoms with E-state index in [1.54, 1.807) is 6.07 Å². The first kappa shape index (κ1) is 9.47. The van der Waals surface area contributed by atoms with Crippen LogP contribution in [0.5, 0.6) is 0 Å². The number of nitrogens with two attached hydrogens (primary N) is 1.